The molecule has 9 nitrogen and oxygen atoms in total. The molecule has 2 aromatic rings. The zero-order valence-corrected chi connectivity index (χ0v) is 29.5. The molecule has 0 aromatic heterocycles. The van der Waals surface area contributed by atoms with Gasteiger partial charge in [-0.15, -0.1) is 11.8 Å². The third kappa shape index (κ3) is 13.5. The van der Waals surface area contributed by atoms with E-state index in [2.05, 4.69) is 16.0 Å². The Bertz CT molecular complexity index is 1300. The molecule has 1 fully saturated rings. The van der Waals surface area contributed by atoms with Crippen LogP contribution in [0.2, 0.25) is 0 Å². The highest BCUT2D eigenvalue weighted by Gasteiger charge is 2.39. The summed E-state index contributed by atoms with van der Waals surface area (Å²) >= 11 is 1.29. The number of carbonyl (C=O) groups is 3. The van der Waals surface area contributed by atoms with Crippen LogP contribution in [0.4, 0.5) is 9.18 Å². The van der Waals surface area contributed by atoms with Crippen LogP contribution in [-0.2, 0) is 25.5 Å². The highest BCUT2D eigenvalue weighted by Crippen LogP contribution is 2.36. The number of methoxy groups -OCH3 is 1. The quantitative estimate of drug-likeness (QED) is 0.203. The highest BCUT2D eigenvalue weighted by atomic mass is 32.2. The summed E-state index contributed by atoms with van der Waals surface area (Å²) in [6, 6.07) is 13.7. The zero-order chi connectivity index (χ0) is 34.8. The maximum atomic E-state index is 13.9. The fourth-order valence-electron chi connectivity index (χ4n) is 5.73. The maximum Gasteiger partial charge on any atom is 0.408 e. The minimum Gasteiger partial charge on any atom is -0.444 e. The van der Waals surface area contributed by atoms with E-state index < -0.39 is 41.3 Å². The molecule has 0 heterocycles. The molecule has 260 valence electrons. The summed E-state index contributed by atoms with van der Waals surface area (Å²) in [7, 11) is 1.65. The molecule has 1 saturated carbocycles. The van der Waals surface area contributed by atoms with Gasteiger partial charge in [-0.1, -0.05) is 30.3 Å². The molecule has 3 rings (SSSR count). The van der Waals surface area contributed by atoms with Gasteiger partial charge in [-0.3, -0.25) is 9.59 Å². The summed E-state index contributed by atoms with van der Waals surface area (Å²) in [4.78, 5) is 40.8. The third-order valence-electron chi connectivity index (χ3n) is 7.99. The summed E-state index contributed by atoms with van der Waals surface area (Å²) < 4.78 is 24.5. The first-order valence-electron chi connectivity index (χ1n) is 16.3. The average Bonchev–Trinajstić information content (AvgIpc) is 2.98. The molecule has 6 atom stereocenters. The van der Waals surface area contributed by atoms with Crippen molar-refractivity contribution in [3.8, 4) is 0 Å². The van der Waals surface area contributed by atoms with Gasteiger partial charge in [0.2, 0.25) is 11.8 Å². The molecule has 11 heteroatoms. The molecule has 0 saturated heterocycles. The standard InChI is InChI=1S/C36H52FN3O6S/c1-35(2,3)40-32(42)28-21-26(45-7)16-13-24(28)20-31(41)29(19-23-11-9-8-10-12-23)38-33(43)30(39-34(44)46-36(4,5)6)22-47-27-17-14-25(37)15-18-27/h8-12,14-15,17-18,24,26,28-31,41H,13,16,19-22H2,1-7H3,(H,38,43)(H,39,44)(H,40,42). The lowest BCUT2D eigenvalue weighted by atomic mass is 9.73. The van der Waals surface area contributed by atoms with Crippen molar-refractivity contribution in [3.63, 3.8) is 0 Å². The van der Waals surface area contributed by atoms with Crippen molar-refractivity contribution in [2.75, 3.05) is 12.9 Å². The lowest BCUT2D eigenvalue weighted by molar-refractivity contribution is -0.132. The van der Waals surface area contributed by atoms with E-state index in [1.807, 2.05) is 51.1 Å². The topological polar surface area (TPSA) is 126 Å². The second-order valence-electron chi connectivity index (χ2n) is 14.3. The van der Waals surface area contributed by atoms with Crippen LogP contribution in [-0.4, -0.2) is 71.3 Å². The zero-order valence-electron chi connectivity index (χ0n) is 28.7. The van der Waals surface area contributed by atoms with Crippen LogP contribution >= 0.6 is 11.8 Å². The van der Waals surface area contributed by atoms with Crippen molar-refractivity contribution in [1.29, 1.82) is 0 Å². The Labute approximate surface area is 283 Å². The molecular formula is C36H52FN3O6S. The van der Waals surface area contributed by atoms with E-state index in [1.54, 1.807) is 40.0 Å². The molecule has 2 aromatic carbocycles. The number of hydrogen-bond donors (Lipinski definition) is 4. The largest absolute Gasteiger partial charge is 0.444 e. The Morgan fingerprint density at radius 2 is 1.64 bits per heavy atom. The Kier molecular flexibility index (Phi) is 14.1. The van der Waals surface area contributed by atoms with Gasteiger partial charge in [0.25, 0.3) is 0 Å². The lowest BCUT2D eigenvalue weighted by Gasteiger charge is -2.38. The van der Waals surface area contributed by atoms with Crippen LogP contribution in [0.1, 0.15) is 72.8 Å². The monoisotopic (exact) mass is 673 g/mol. The average molecular weight is 674 g/mol. The predicted octanol–water partition coefficient (Wildman–Crippen LogP) is 5.64. The van der Waals surface area contributed by atoms with Crippen LogP contribution in [0.3, 0.4) is 0 Å². The molecule has 47 heavy (non-hydrogen) atoms. The van der Waals surface area contributed by atoms with E-state index in [-0.39, 0.29) is 35.4 Å². The number of thioether (sulfide) groups is 1. The molecule has 1 aliphatic rings. The van der Waals surface area contributed by atoms with Crippen molar-refractivity contribution in [1.82, 2.24) is 16.0 Å². The van der Waals surface area contributed by atoms with Crippen LogP contribution in [0, 0.1) is 17.7 Å². The Balaban J connectivity index is 1.83. The van der Waals surface area contributed by atoms with Crippen LogP contribution in [0.25, 0.3) is 0 Å². The van der Waals surface area contributed by atoms with Crippen molar-refractivity contribution in [3.05, 3.63) is 66.0 Å². The first-order chi connectivity index (χ1) is 22.0. The molecule has 3 amide bonds. The van der Waals surface area contributed by atoms with Gasteiger partial charge < -0.3 is 30.5 Å². The second kappa shape index (κ2) is 17.3. The number of aliphatic hydroxyl groups is 1. The van der Waals surface area contributed by atoms with Gasteiger partial charge in [-0.2, -0.15) is 0 Å². The number of benzene rings is 2. The summed E-state index contributed by atoms with van der Waals surface area (Å²) in [6.07, 6.45) is 0.868. The van der Waals surface area contributed by atoms with Gasteiger partial charge in [0.1, 0.15) is 17.5 Å². The molecule has 4 N–H and O–H groups in total. The number of carbonyl (C=O) groups excluding carboxylic acids is 3. The van der Waals surface area contributed by atoms with E-state index in [4.69, 9.17) is 9.47 Å². The van der Waals surface area contributed by atoms with E-state index in [9.17, 15) is 23.9 Å². The number of aliphatic hydroxyl groups excluding tert-OH is 1. The van der Waals surface area contributed by atoms with Gasteiger partial charge in [0, 0.05) is 29.2 Å². The summed E-state index contributed by atoms with van der Waals surface area (Å²) in [6.45, 7) is 11.0. The van der Waals surface area contributed by atoms with E-state index in [1.165, 1.54) is 23.9 Å². The van der Waals surface area contributed by atoms with Crippen molar-refractivity contribution in [2.45, 2.75) is 114 Å². The van der Waals surface area contributed by atoms with Crippen LogP contribution in [0.5, 0.6) is 0 Å². The normalized spacial score (nSPS) is 20.4. The van der Waals surface area contributed by atoms with Gasteiger partial charge in [-0.25, -0.2) is 9.18 Å². The Morgan fingerprint density at radius 1 is 0.979 bits per heavy atom. The Hall–Kier alpha value is -3.15. The number of hydrogen-bond acceptors (Lipinski definition) is 7. The second-order valence-corrected chi connectivity index (χ2v) is 15.4. The summed E-state index contributed by atoms with van der Waals surface area (Å²) in [5.74, 6) is -1.28. The number of amides is 3. The van der Waals surface area contributed by atoms with Crippen molar-refractivity contribution in [2.24, 2.45) is 11.8 Å². The maximum absolute atomic E-state index is 13.9. The van der Waals surface area contributed by atoms with Crippen LogP contribution < -0.4 is 16.0 Å². The fourth-order valence-corrected chi connectivity index (χ4v) is 6.65. The number of nitrogens with one attached hydrogen (secondary N) is 3. The molecule has 0 bridgehead atoms. The first-order valence-corrected chi connectivity index (χ1v) is 17.3. The minimum atomic E-state index is -1.02. The summed E-state index contributed by atoms with van der Waals surface area (Å²) in [5.41, 5.74) is -0.273. The molecule has 1 aliphatic carbocycles. The smallest absolute Gasteiger partial charge is 0.408 e. The highest BCUT2D eigenvalue weighted by molar-refractivity contribution is 7.99. The molecule has 0 radical (unpaired) electrons. The van der Waals surface area contributed by atoms with E-state index in [0.717, 1.165) is 16.9 Å². The molecule has 6 unspecified atom stereocenters. The SMILES string of the molecule is COC1CCC(CC(O)C(Cc2ccccc2)NC(=O)C(CSc2ccc(F)cc2)NC(=O)OC(C)(C)C)C(C(=O)NC(C)(C)C)C1. The summed E-state index contributed by atoms with van der Waals surface area (Å²) in [5, 5.41) is 20.5. The lowest BCUT2D eigenvalue weighted by Crippen LogP contribution is -2.55. The molecule has 0 aliphatic heterocycles. The van der Waals surface area contributed by atoms with Gasteiger partial charge in [0.15, 0.2) is 0 Å². The number of ether oxygens (including phenoxy) is 2. The van der Waals surface area contributed by atoms with Gasteiger partial charge in [0.05, 0.1) is 18.2 Å². The van der Waals surface area contributed by atoms with Crippen molar-refractivity contribution < 1.29 is 33.4 Å². The predicted molar refractivity (Wildman–Crippen MR) is 183 cm³/mol. The molecular weight excluding hydrogens is 621 g/mol. The fraction of sp³-hybridized carbons (Fsp3) is 0.583. The Morgan fingerprint density at radius 3 is 2.23 bits per heavy atom. The number of halogens is 1. The third-order valence-corrected chi connectivity index (χ3v) is 9.09. The minimum absolute atomic E-state index is 0.0442. The van der Waals surface area contributed by atoms with E-state index in [0.29, 0.717) is 25.7 Å². The van der Waals surface area contributed by atoms with Crippen LogP contribution in [0.15, 0.2) is 59.5 Å². The van der Waals surface area contributed by atoms with E-state index >= 15 is 0 Å². The molecule has 0 spiro atoms. The number of rotatable bonds is 13. The number of alkyl carbamates (subject to hydrolysis) is 1. The van der Waals surface area contributed by atoms with Gasteiger partial charge in [-0.05, 0) is 109 Å². The van der Waals surface area contributed by atoms with Crippen molar-refractivity contribution >= 4 is 29.7 Å². The first kappa shape index (κ1) is 38.3. The van der Waals surface area contributed by atoms with Gasteiger partial charge >= 0.3 is 6.09 Å².